The number of carbonyl (C=O) groups excluding carboxylic acids is 1. The molecule has 0 saturated carbocycles. The molecule has 3 N–H and O–H groups in total. The van der Waals surface area contributed by atoms with Crippen LogP contribution in [0.1, 0.15) is 32.3 Å². The molecule has 0 saturated heterocycles. The summed E-state index contributed by atoms with van der Waals surface area (Å²) in [6.07, 6.45) is 1.30. The van der Waals surface area contributed by atoms with Crippen LogP contribution in [0.3, 0.4) is 0 Å². The van der Waals surface area contributed by atoms with Crippen LogP contribution in [0.15, 0.2) is 30.3 Å². The zero-order chi connectivity index (χ0) is 12.7. The standard InChI is InChI=1S/C14H22N2O/c1-11(2)8-13(15)9-14(17)16-10-12-6-4-3-5-7-12/h3-7,11,13H,8-10,15H2,1-2H3,(H,16,17)/t13-/m0/s1. The van der Waals surface area contributed by atoms with Gasteiger partial charge in [0, 0.05) is 19.0 Å². The van der Waals surface area contributed by atoms with Crippen molar-refractivity contribution in [3.05, 3.63) is 35.9 Å². The van der Waals surface area contributed by atoms with Gasteiger partial charge in [0.1, 0.15) is 0 Å². The number of nitrogens with one attached hydrogen (secondary N) is 1. The fourth-order valence-electron chi connectivity index (χ4n) is 1.80. The molecule has 17 heavy (non-hydrogen) atoms. The fourth-order valence-corrected chi connectivity index (χ4v) is 1.80. The minimum absolute atomic E-state index is 0.0296. The summed E-state index contributed by atoms with van der Waals surface area (Å²) < 4.78 is 0. The molecule has 0 unspecified atom stereocenters. The van der Waals surface area contributed by atoms with Crippen molar-refractivity contribution >= 4 is 5.91 Å². The Morgan fingerprint density at radius 3 is 2.53 bits per heavy atom. The van der Waals surface area contributed by atoms with Gasteiger partial charge in [0.05, 0.1) is 0 Å². The molecule has 1 amide bonds. The maximum atomic E-state index is 11.6. The maximum absolute atomic E-state index is 11.6. The molecular formula is C14H22N2O. The van der Waals surface area contributed by atoms with Crippen LogP contribution >= 0.6 is 0 Å². The molecular weight excluding hydrogens is 212 g/mol. The van der Waals surface area contributed by atoms with Crippen LogP contribution in [-0.2, 0) is 11.3 Å². The smallest absolute Gasteiger partial charge is 0.221 e. The molecule has 0 fully saturated rings. The lowest BCUT2D eigenvalue weighted by Gasteiger charge is -2.13. The monoisotopic (exact) mass is 234 g/mol. The van der Waals surface area contributed by atoms with E-state index < -0.39 is 0 Å². The Morgan fingerprint density at radius 2 is 1.94 bits per heavy atom. The zero-order valence-corrected chi connectivity index (χ0v) is 10.6. The summed E-state index contributed by atoms with van der Waals surface area (Å²) in [5.41, 5.74) is 6.99. The largest absolute Gasteiger partial charge is 0.352 e. The Bertz CT molecular complexity index is 335. The van der Waals surface area contributed by atoms with Crippen molar-refractivity contribution in [1.82, 2.24) is 5.32 Å². The lowest BCUT2D eigenvalue weighted by Crippen LogP contribution is -2.32. The van der Waals surface area contributed by atoms with Gasteiger partial charge < -0.3 is 11.1 Å². The predicted octanol–water partition coefficient (Wildman–Crippen LogP) is 2.07. The highest BCUT2D eigenvalue weighted by Crippen LogP contribution is 2.05. The Hall–Kier alpha value is -1.35. The normalized spacial score (nSPS) is 12.5. The second kappa shape index (κ2) is 7.07. The van der Waals surface area contributed by atoms with Crippen molar-refractivity contribution in [2.24, 2.45) is 11.7 Å². The zero-order valence-electron chi connectivity index (χ0n) is 10.6. The maximum Gasteiger partial charge on any atom is 0.221 e. The van der Waals surface area contributed by atoms with Crippen molar-refractivity contribution in [2.45, 2.75) is 39.3 Å². The van der Waals surface area contributed by atoms with Crippen LogP contribution < -0.4 is 11.1 Å². The second-order valence-electron chi connectivity index (χ2n) is 4.86. The molecule has 0 aromatic heterocycles. The highest BCUT2D eigenvalue weighted by molar-refractivity contribution is 5.76. The molecule has 3 nitrogen and oxygen atoms in total. The molecule has 0 aliphatic carbocycles. The highest BCUT2D eigenvalue weighted by Gasteiger charge is 2.10. The Labute approximate surface area is 103 Å². The van der Waals surface area contributed by atoms with Crippen LogP contribution in [0.25, 0.3) is 0 Å². The topological polar surface area (TPSA) is 55.1 Å². The van der Waals surface area contributed by atoms with Gasteiger partial charge in [-0.15, -0.1) is 0 Å². The average molecular weight is 234 g/mol. The number of rotatable bonds is 6. The molecule has 0 spiro atoms. The van der Waals surface area contributed by atoms with Gasteiger partial charge in [0.25, 0.3) is 0 Å². The molecule has 1 rings (SSSR count). The van der Waals surface area contributed by atoms with Crippen LogP contribution in [0.4, 0.5) is 0 Å². The van der Waals surface area contributed by atoms with E-state index >= 15 is 0 Å². The molecule has 94 valence electrons. The summed E-state index contributed by atoms with van der Waals surface area (Å²) in [5, 5.41) is 2.88. The predicted molar refractivity (Wildman–Crippen MR) is 70.3 cm³/mol. The van der Waals surface area contributed by atoms with E-state index in [1.165, 1.54) is 0 Å². The van der Waals surface area contributed by atoms with E-state index in [1.807, 2.05) is 30.3 Å². The summed E-state index contributed by atoms with van der Waals surface area (Å²) in [6, 6.07) is 9.84. The Morgan fingerprint density at radius 1 is 1.29 bits per heavy atom. The minimum atomic E-state index is -0.0363. The second-order valence-corrected chi connectivity index (χ2v) is 4.86. The van der Waals surface area contributed by atoms with E-state index in [-0.39, 0.29) is 11.9 Å². The summed E-state index contributed by atoms with van der Waals surface area (Å²) >= 11 is 0. The molecule has 1 atom stereocenters. The number of hydrogen-bond acceptors (Lipinski definition) is 2. The third kappa shape index (κ3) is 6.07. The van der Waals surface area contributed by atoms with Crippen molar-refractivity contribution in [3.8, 4) is 0 Å². The van der Waals surface area contributed by atoms with E-state index in [1.54, 1.807) is 0 Å². The van der Waals surface area contributed by atoms with Gasteiger partial charge in [-0.1, -0.05) is 44.2 Å². The molecule has 1 aromatic rings. The SMILES string of the molecule is CC(C)C[C@H](N)CC(=O)NCc1ccccc1. The third-order valence-electron chi connectivity index (χ3n) is 2.55. The first kappa shape index (κ1) is 13.7. The number of benzene rings is 1. The number of hydrogen-bond donors (Lipinski definition) is 2. The van der Waals surface area contributed by atoms with E-state index in [0.717, 1.165) is 12.0 Å². The lowest BCUT2D eigenvalue weighted by molar-refractivity contribution is -0.121. The summed E-state index contributed by atoms with van der Waals surface area (Å²) in [4.78, 5) is 11.6. The first-order valence-electron chi connectivity index (χ1n) is 6.14. The quantitative estimate of drug-likeness (QED) is 0.791. The van der Waals surface area contributed by atoms with Gasteiger partial charge in [-0.25, -0.2) is 0 Å². The molecule has 0 aliphatic heterocycles. The Kier molecular flexibility index (Phi) is 5.70. The van der Waals surface area contributed by atoms with Crippen LogP contribution in [0.5, 0.6) is 0 Å². The first-order valence-corrected chi connectivity index (χ1v) is 6.14. The van der Waals surface area contributed by atoms with E-state index in [2.05, 4.69) is 19.2 Å². The van der Waals surface area contributed by atoms with Gasteiger partial charge in [-0.3, -0.25) is 4.79 Å². The van der Waals surface area contributed by atoms with Gasteiger partial charge in [-0.05, 0) is 17.9 Å². The van der Waals surface area contributed by atoms with Crippen LogP contribution in [-0.4, -0.2) is 11.9 Å². The molecule has 0 aliphatic rings. The van der Waals surface area contributed by atoms with Crippen molar-refractivity contribution in [2.75, 3.05) is 0 Å². The molecule has 0 bridgehead atoms. The molecule has 3 heteroatoms. The fraction of sp³-hybridized carbons (Fsp3) is 0.500. The number of carbonyl (C=O) groups is 1. The molecule has 0 heterocycles. The van der Waals surface area contributed by atoms with Crippen molar-refractivity contribution < 1.29 is 4.79 Å². The summed E-state index contributed by atoms with van der Waals surface area (Å²) in [5.74, 6) is 0.564. The number of nitrogens with two attached hydrogens (primary N) is 1. The van der Waals surface area contributed by atoms with Gasteiger partial charge >= 0.3 is 0 Å². The summed E-state index contributed by atoms with van der Waals surface area (Å²) in [6.45, 7) is 4.80. The van der Waals surface area contributed by atoms with Gasteiger partial charge in [0.2, 0.25) is 5.91 Å². The highest BCUT2D eigenvalue weighted by atomic mass is 16.1. The van der Waals surface area contributed by atoms with Gasteiger partial charge in [0.15, 0.2) is 0 Å². The van der Waals surface area contributed by atoms with E-state index in [9.17, 15) is 4.79 Å². The first-order chi connectivity index (χ1) is 8.08. The summed E-state index contributed by atoms with van der Waals surface area (Å²) in [7, 11) is 0. The van der Waals surface area contributed by atoms with E-state index in [4.69, 9.17) is 5.73 Å². The molecule has 1 aromatic carbocycles. The minimum Gasteiger partial charge on any atom is -0.352 e. The average Bonchev–Trinajstić information content (AvgIpc) is 2.26. The number of amides is 1. The lowest BCUT2D eigenvalue weighted by atomic mass is 10.0. The van der Waals surface area contributed by atoms with E-state index in [0.29, 0.717) is 18.9 Å². The van der Waals surface area contributed by atoms with Crippen molar-refractivity contribution in [3.63, 3.8) is 0 Å². The third-order valence-corrected chi connectivity index (χ3v) is 2.55. The Balaban J connectivity index is 2.26. The molecule has 0 radical (unpaired) electrons. The van der Waals surface area contributed by atoms with Crippen LogP contribution in [0, 0.1) is 5.92 Å². The van der Waals surface area contributed by atoms with Gasteiger partial charge in [-0.2, -0.15) is 0 Å². The van der Waals surface area contributed by atoms with Crippen LogP contribution in [0.2, 0.25) is 0 Å². The van der Waals surface area contributed by atoms with Crippen molar-refractivity contribution in [1.29, 1.82) is 0 Å².